The van der Waals surface area contributed by atoms with Gasteiger partial charge in [0, 0.05) is 14.2 Å². The zero-order chi connectivity index (χ0) is 13.4. The average Bonchev–Trinajstić information content (AvgIpc) is 2.95. The van der Waals surface area contributed by atoms with Crippen molar-refractivity contribution in [2.45, 2.75) is 31.7 Å². The molecule has 1 atom stereocenters. The largest absolute Gasteiger partial charge is 0.307 e. The highest BCUT2D eigenvalue weighted by Crippen LogP contribution is 2.39. The summed E-state index contributed by atoms with van der Waals surface area (Å²) in [5.74, 6) is 0. The highest BCUT2D eigenvalue weighted by molar-refractivity contribution is 9.13. The second kappa shape index (κ2) is 5.93. The standard InChI is InChI=1S/C13H14Br2N2S2/c1-16-11(10-6-7(14)12(15)18-10)13-17-8-4-2-3-5-9(8)19-13/h6,11,16H,2-5H2,1H3. The van der Waals surface area contributed by atoms with E-state index in [1.165, 1.54) is 39.7 Å². The molecule has 102 valence electrons. The quantitative estimate of drug-likeness (QED) is 0.760. The fourth-order valence-electron chi connectivity index (χ4n) is 2.39. The van der Waals surface area contributed by atoms with Gasteiger partial charge < -0.3 is 5.32 Å². The molecule has 0 radical (unpaired) electrons. The SMILES string of the molecule is CNC(c1cc(Br)c(Br)s1)c1nc2c(s1)CCCC2. The summed E-state index contributed by atoms with van der Waals surface area (Å²) in [5, 5.41) is 4.61. The summed E-state index contributed by atoms with van der Waals surface area (Å²) in [6.45, 7) is 0. The molecule has 2 heterocycles. The van der Waals surface area contributed by atoms with E-state index in [1.807, 2.05) is 18.4 Å². The van der Waals surface area contributed by atoms with Crippen LogP contribution in [0, 0.1) is 0 Å². The van der Waals surface area contributed by atoms with Crippen LogP contribution in [-0.4, -0.2) is 12.0 Å². The number of nitrogens with one attached hydrogen (secondary N) is 1. The summed E-state index contributed by atoms with van der Waals surface area (Å²) >= 11 is 10.8. The summed E-state index contributed by atoms with van der Waals surface area (Å²) in [4.78, 5) is 7.66. The number of fused-ring (bicyclic) bond motifs is 1. The van der Waals surface area contributed by atoms with Gasteiger partial charge in [0.05, 0.1) is 15.5 Å². The van der Waals surface area contributed by atoms with Crippen molar-refractivity contribution >= 4 is 54.5 Å². The van der Waals surface area contributed by atoms with Crippen molar-refractivity contribution in [1.82, 2.24) is 10.3 Å². The summed E-state index contributed by atoms with van der Waals surface area (Å²) in [5.41, 5.74) is 1.33. The number of thiazole rings is 1. The molecule has 0 bridgehead atoms. The van der Waals surface area contributed by atoms with Gasteiger partial charge in [-0.25, -0.2) is 4.98 Å². The van der Waals surface area contributed by atoms with Crippen LogP contribution in [0.4, 0.5) is 0 Å². The molecular weight excluding hydrogens is 408 g/mol. The molecule has 0 aliphatic heterocycles. The Labute approximate surface area is 137 Å². The number of hydrogen-bond acceptors (Lipinski definition) is 4. The molecule has 1 aliphatic carbocycles. The first kappa shape index (κ1) is 14.2. The lowest BCUT2D eigenvalue weighted by molar-refractivity contribution is 0.665. The lowest BCUT2D eigenvalue weighted by atomic mass is 10.0. The molecule has 1 aliphatic rings. The van der Waals surface area contributed by atoms with Crippen LogP contribution in [0.15, 0.2) is 14.3 Å². The van der Waals surface area contributed by atoms with Crippen LogP contribution in [-0.2, 0) is 12.8 Å². The molecule has 0 aromatic carbocycles. The fourth-order valence-corrected chi connectivity index (χ4v) is 5.95. The fraction of sp³-hybridized carbons (Fsp3) is 0.462. The number of hydrogen-bond donors (Lipinski definition) is 1. The molecule has 0 spiro atoms. The van der Waals surface area contributed by atoms with Crippen molar-refractivity contribution < 1.29 is 0 Å². The topological polar surface area (TPSA) is 24.9 Å². The molecule has 2 aromatic heterocycles. The third kappa shape index (κ3) is 2.83. The minimum atomic E-state index is 0.211. The maximum Gasteiger partial charge on any atom is 0.115 e. The first-order chi connectivity index (χ1) is 9.19. The van der Waals surface area contributed by atoms with Crippen molar-refractivity contribution in [2.75, 3.05) is 7.05 Å². The van der Waals surface area contributed by atoms with Crippen LogP contribution in [0.5, 0.6) is 0 Å². The monoisotopic (exact) mass is 420 g/mol. The van der Waals surface area contributed by atoms with Gasteiger partial charge in [-0.05, 0) is 70.7 Å². The summed E-state index contributed by atoms with van der Waals surface area (Å²) in [6, 6.07) is 2.39. The van der Waals surface area contributed by atoms with E-state index in [2.05, 4.69) is 43.2 Å². The second-order valence-electron chi connectivity index (χ2n) is 4.62. The third-order valence-corrected chi connectivity index (χ3v) is 7.89. The number of aryl methyl sites for hydroxylation is 2. The lowest BCUT2D eigenvalue weighted by Gasteiger charge is -2.10. The minimum absolute atomic E-state index is 0.211. The van der Waals surface area contributed by atoms with Crippen LogP contribution in [0.25, 0.3) is 0 Å². The van der Waals surface area contributed by atoms with Crippen molar-refractivity contribution in [3.05, 3.63) is 34.8 Å². The molecule has 2 aromatic rings. The molecule has 2 nitrogen and oxygen atoms in total. The summed E-state index contributed by atoms with van der Waals surface area (Å²) < 4.78 is 2.26. The van der Waals surface area contributed by atoms with E-state index in [0.29, 0.717) is 0 Å². The summed E-state index contributed by atoms with van der Waals surface area (Å²) in [6.07, 6.45) is 4.97. The molecule has 3 rings (SSSR count). The lowest BCUT2D eigenvalue weighted by Crippen LogP contribution is -2.16. The highest BCUT2D eigenvalue weighted by atomic mass is 79.9. The van der Waals surface area contributed by atoms with Gasteiger partial charge in [0.2, 0.25) is 0 Å². The van der Waals surface area contributed by atoms with Gasteiger partial charge in [0.25, 0.3) is 0 Å². The van der Waals surface area contributed by atoms with Crippen LogP contribution >= 0.6 is 54.5 Å². The first-order valence-corrected chi connectivity index (χ1v) is 9.51. The molecular formula is C13H14Br2N2S2. The van der Waals surface area contributed by atoms with Gasteiger partial charge in [0.15, 0.2) is 0 Å². The van der Waals surface area contributed by atoms with Gasteiger partial charge >= 0.3 is 0 Å². The van der Waals surface area contributed by atoms with Gasteiger partial charge in [-0.3, -0.25) is 0 Å². The molecule has 1 unspecified atom stereocenters. The van der Waals surface area contributed by atoms with Crippen molar-refractivity contribution in [3.8, 4) is 0 Å². The Kier molecular flexibility index (Phi) is 4.43. The molecule has 1 N–H and O–H groups in total. The van der Waals surface area contributed by atoms with Gasteiger partial charge in [-0.2, -0.15) is 0 Å². The number of nitrogens with zero attached hydrogens (tertiary/aromatic N) is 1. The molecule has 19 heavy (non-hydrogen) atoms. The van der Waals surface area contributed by atoms with E-state index in [0.717, 1.165) is 14.7 Å². The van der Waals surface area contributed by atoms with Crippen LogP contribution in [0.3, 0.4) is 0 Å². The average molecular weight is 422 g/mol. The first-order valence-electron chi connectivity index (χ1n) is 6.29. The summed E-state index contributed by atoms with van der Waals surface area (Å²) in [7, 11) is 2.01. The van der Waals surface area contributed by atoms with Crippen molar-refractivity contribution in [3.63, 3.8) is 0 Å². The zero-order valence-electron chi connectivity index (χ0n) is 10.5. The molecule has 6 heteroatoms. The van der Waals surface area contributed by atoms with E-state index in [4.69, 9.17) is 4.98 Å². The van der Waals surface area contributed by atoms with Crippen molar-refractivity contribution in [2.24, 2.45) is 0 Å². The Morgan fingerprint density at radius 2 is 2.05 bits per heavy atom. The Hall–Kier alpha value is 0.250. The number of aromatic nitrogens is 1. The Morgan fingerprint density at radius 3 is 2.68 bits per heavy atom. The van der Waals surface area contributed by atoms with Gasteiger partial charge in [0.1, 0.15) is 5.01 Å². The Morgan fingerprint density at radius 1 is 1.26 bits per heavy atom. The number of rotatable bonds is 3. The van der Waals surface area contributed by atoms with Crippen LogP contribution in [0.2, 0.25) is 0 Å². The maximum absolute atomic E-state index is 4.87. The van der Waals surface area contributed by atoms with E-state index in [-0.39, 0.29) is 6.04 Å². The molecule has 0 amide bonds. The molecule has 0 saturated carbocycles. The Bertz CT molecular complexity index is 548. The van der Waals surface area contributed by atoms with Gasteiger partial charge in [-0.15, -0.1) is 22.7 Å². The van der Waals surface area contributed by atoms with E-state index in [1.54, 1.807) is 11.3 Å². The van der Waals surface area contributed by atoms with E-state index >= 15 is 0 Å². The van der Waals surface area contributed by atoms with Gasteiger partial charge in [-0.1, -0.05) is 0 Å². The Balaban J connectivity index is 1.95. The van der Waals surface area contributed by atoms with Crippen molar-refractivity contribution in [1.29, 1.82) is 0 Å². The normalized spacial score (nSPS) is 16.4. The predicted molar refractivity (Wildman–Crippen MR) is 89.4 cm³/mol. The molecule has 0 saturated heterocycles. The second-order valence-corrected chi connectivity index (χ2v) is 8.99. The van der Waals surface area contributed by atoms with E-state index in [9.17, 15) is 0 Å². The number of halogens is 2. The highest BCUT2D eigenvalue weighted by Gasteiger charge is 2.23. The third-order valence-electron chi connectivity index (χ3n) is 3.35. The maximum atomic E-state index is 4.87. The van der Waals surface area contributed by atoms with Crippen LogP contribution < -0.4 is 5.32 Å². The zero-order valence-corrected chi connectivity index (χ0v) is 15.3. The predicted octanol–water partition coefficient (Wildman–Crippen LogP) is 4.92. The smallest absolute Gasteiger partial charge is 0.115 e. The minimum Gasteiger partial charge on any atom is -0.307 e. The number of thiophene rings is 1. The molecule has 0 fully saturated rings. The van der Waals surface area contributed by atoms with Crippen LogP contribution in [0.1, 0.15) is 39.3 Å². The van der Waals surface area contributed by atoms with E-state index < -0.39 is 0 Å².